The number of benzene rings is 1. The number of pyridine rings is 1. The number of carbonyl (C=O) groups is 1. The maximum atomic E-state index is 12.1. The van der Waals surface area contributed by atoms with Gasteiger partial charge in [0, 0.05) is 11.3 Å². The zero-order valence-corrected chi connectivity index (χ0v) is 12.1. The van der Waals surface area contributed by atoms with Crippen molar-refractivity contribution in [1.82, 2.24) is 20.3 Å². The van der Waals surface area contributed by atoms with Gasteiger partial charge in [0.15, 0.2) is 0 Å². The van der Waals surface area contributed by atoms with Crippen LogP contribution in [0.25, 0.3) is 11.0 Å². The van der Waals surface area contributed by atoms with Gasteiger partial charge < -0.3 is 10.3 Å². The average molecular weight is 301 g/mol. The molecule has 21 heavy (non-hydrogen) atoms. The van der Waals surface area contributed by atoms with E-state index in [2.05, 4.69) is 20.3 Å². The molecule has 1 aromatic carbocycles. The number of nitrogens with one attached hydrogen (secondary N) is 2. The molecular formula is C15H13ClN4O. The number of rotatable bonds is 3. The third kappa shape index (κ3) is 3.03. The van der Waals surface area contributed by atoms with Crippen LogP contribution in [0, 0.1) is 6.92 Å². The van der Waals surface area contributed by atoms with E-state index in [0.29, 0.717) is 28.8 Å². The van der Waals surface area contributed by atoms with Gasteiger partial charge in [0.1, 0.15) is 11.0 Å². The first kappa shape index (κ1) is 13.6. The molecule has 0 spiro atoms. The molecule has 5 nitrogen and oxygen atoms in total. The predicted octanol–water partition coefficient (Wildman–Crippen LogP) is 2.85. The second kappa shape index (κ2) is 5.54. The number of aromatic nitrogens is 3. The Morgan fingerprint density at radius 1 is 1.29 bits per heavy atom. The van der Waals surface area contributed by atoms with E-state index in [1.807, 2.05) is 24.3 Å². The van der Waals surface area contributed by atoms with Crippen LogP contribution in [0.15, 0.2) is 36.4 Å². The van der Waals surface area contributed by atoms with E-state index < -0.39 is 0 Å². The molecule has 106 valence electrons. The van der Waals surface area contributed by atoms with Crippen LogP contribution < -0.4 is 5.32 Å². The monoisotopic (exact) mass is 300 g/mol. The maximum absolute atomic E-state index is 12.1. The third-order valence-corrected chi connectivity index (χ3v) is 3.23. The molecule has 0 aliphatic heterocycles. The van der Waals surface area contributed by atoms with Crippen LogP contribution in [0.1, 0.15) is 21.9 Å². The summed E-state index contributed by atoms with van der Waals surface area (Å²) in [7, 11) is 0. The van der Waals surface area contributed by atoms with Crippen LogP contribution in [0.4, 0.5) is 0 Å². The summed E-state index contributed by atoms with van der Waals surface area (Å²) >= 11 is 5.86. The summed E-state index contributed by atoms with van der Waals surface area (Å²) in [5.74, 6) is 0.504. The molecule has 6 heteroatoms. The number of imidazole rings is 1. The third-order valence-electron chi connectivity index (χ3n) is 3.04. The van der Waals surface area contributed by atoms with E-state index in [0.717, 1.165) is 11.0 Å². The summed E-state index contributed by atoms with van der Waals surface area (Å²) in [6.45, 7) is 2.12. The van der Waals surface area contributed by atoms with E-state index in [9.17, 15) is 4.79 Å². The topological polar surface area (TPSA) is 70.7 Å². The van der Waals surface area contributed by atoms with Crippen molar-refractivity contribution in [1.29, 1.82) is 0 Å². The molecule has 0 aliphatic rings. The first-order chi connectivity index (χ1) is 10.1. The smallest absolute Gasteiger partial charge is 0.251 e. The Kier molecular flexibility index (Phi) is 3.58. The first-order valence-electron chi connectivity index (χ1n) is 6.48. The highest BCUT2D eigenvalue weighted by molar-refractivity contribution is 6.29. The fraction of sp³-hybridized carbons (Fsp3) is 0.133. The molecule has 2 aromatic heterocycles. The zero-order valence-electron chi connectivity index (χ0n) is 11.4. The van der Waals surface area contributed by atoms with Crippen LogP contribution in [0.2, 0.25) is 5.15 Å². The molecule has 0 atom stereocenters. The standard InChI is InChI=1S/C15H13ClN4O/c1-9-6-10(7-13(16)18-9)15(21)17-8-14-19-11-4-2-3-5-12(11)20-14/h2-7H,8H2,1H3,(H,17,21)(H,19,20). The summed E-state index contributed by atoms with van der Waals surface area (Å²) in [6.07, 6.45) is 0. The molecule has 0 aliphatic carbocycles. The number of carbonyl (C=O) groups excluding carboxylic acids is 1. The molecule has 3 rings (SSSR count). The summed E-state index contributed by atoms with van der Waals surface area (Å²) in [5, 5.41) is 3.12. The highest BCUT2D eigenvalue weighted by Crippen LogP contribution is 2.12. The number of hydrogen-bond acceptors (Lipinski definition) is 3. The second-order valence-electron chi connectivity index (χ2n) is 4.70. The molecule has 2 N–H and O–H groups in total. The number of hydrogen-bond donors (Lipinski definition) is 2. The van der Waals surface area contributed by atoms with Gasteiger partial charge in [-0.3, -0.25) is 4.79 Å². The van der Waals surface area contributed by atoms with Crippen molar-refractivity contribution in [3.8, 4) is 0 Å². The number of nitrogens with zero attached hydrogens (tertiary/aromatic N) is 2. The number of aryl methyl sites for hydroxylation is 1. The summed E-state index contributed by atoms with van der Waals surface area (Å²) in [6, 6.07) is 11.0. The molecule has 1 amide bonds. The van der Waals surface area contributed by atoms with E-state index in [1.54, 1.807) is 19.1 Å². The Morgan fingerprint density at radius 2 is 2.10 bits per heavy atom. The number of aromatic amines is 1. The number of amides is 1. The van der Waals surface area contributed by atoms with Gasteiger partial charge in [-0.25, -0.2) is 9.97 Å². The van der Waals surface area contributed by atoms with Crippen LogP contribution in [0.5, 0.6) is 0 Å². The Bertz CT molecular complexity index is 759. The average Bonchev–Trinajstić information content (AvgIpc) is 2.86. The SMILES string of the molecule is Cc1cc(C(=O)NCc2nc3ccccc3[nH]2)cc(Cl)n1. The fourth-order valence-electron chi connectivity index (χ4n) is 2.11. The lowest BCUT2D eigenvalue weighted by Gasteiger charge is -2.04. The molecule has 0 fully saturated rings. The van der Waals surface area contributed by atoms with Crippen LogP contribution in [-0.2, 0) is 6.54 Å². The lowest BCUT2D eigenvalue weighted by atomic mass is 10.2. The fourth-order valence-corrected chi connectivity index (χ4v) is 2.37. The van der Waals surface area contributed by atoms with Gasteiger partial charge in [-0.05, 0) is 31.2 Å². The molecule has 0 saturated heterocycles. The van der Waals surface area contributed by atoms with Crippen LogP contribution in [-0.4, -0.2) is 20.9 Å². The number of para-hydroxylation sites is 2. The van der Waals surface area contributed by atoms with Gasteiger partial charge >= 0.3 is 0 Å². The van der Waals surface area contributed by atoms with Crippen LogP contribution in [0.3, 0.4) is 0 Å². The van der Waals surface area contributed by atoms with Gasteiger partial charge in [0.05, 0.1) is 17.6 Å². The summed E-state index contributed by atoms with van der Waals surface area (Å²) in [5.41, 5.74) is 3.02. The lowest BCUT2D eigenvalue weighted by molar-refractivity contribution is 0.0950. The van der Waals surface area contributed by atoms with Gasteiger partial charge in [0.2, 0.25) is 0 Å². The molecule has 2 heterocycles. The minimum Gasteiger partial charge on any atom is -0.345 e. The maximum Gasteiger partial charge on any atom is 0.251 e. The molecule has 0 bridgehead atoms. The largest absolute Gasteiger partial charge is 0.345 e. The first-order valence-corrected chi connectivity index (χ1v) is 6.85. The number of halogens is 1. The van der Waals surface area contributed by atoms with Gasteiger partial charge in [0.25, 0.3) is 5.91 Å². The van der Waals surface area contributed by atoms with Crippen molar-refractivity contribution in [3.05, 3.63) is 58.6 Å². The van der Waals surface area contributed by atoms with Crippen molar-refractivity contribution in [3.63, 3.8) is 0 Å². The highest BCUT2D eigenvalue weighted by atomic mass is 35.5. The highest BCUT2D eigenvalue weighted by Gasteiger charge is 2.09. The number of fused-ring (bicyclic) bond motifs is 1. The lowest BCUT2D eigenvalue weighted by Crippen LogP contribution is -2.23. The molecular weight excluding hydrogens is 288 g/mol. The van der Waals surface area contributed by atoms with Crippen molar-refractivity contribution in [2.24, 2.45) is 0 Å². The van der Waals surface area contributed by atoms with Crippen molar-refractivity contribution >= 4 is 28.5 Å². The van der Waals surface area contributed by atoms with Crippen molar-refractivity contribution in [2.45, 2.75) is 13.5 Å². The molecule has 3 aromatic rings. The van der Waals surface area contributed by atoms with Crippen molar-refractivity contribution < 1.29 is 4.79 Å². The van der Waals surface area contributed by atoms with Gasteiger partial charge in [-0.2, -0.15) is 0 Å². The van der Waals surface area contributed by atoms with Gasteiger partial charge in [-0.1, -0.05) is 23.7 Å². The summed E-state index contributed by atoms with van der Waals surface area (Å²) in [4.78, 5) is 23.7. The van der Waals surface area contributed by atoms with Gasteiger partial charge in [-0.15, -0.1) is 0 Å². The molecule has 0 unspecified atom stereocenters. The minimum atomic E-state index is -0.206. The Balaban J connectivity index is 1.73. The van der Waals surface area contributed by atoms with E-state index in [1.165, 1.54) is 0 Å². The Hall–Kier alpha value is -2.40. The second-order valence-corrected chi connectivity index (χ2v) is 5.09. The van der Waals surface area contributed by atoms with Crippen LogP contribution >= 0.6 is 11.6 Å². The Morgan fingerprint density at radius 3 is 2.86 bits per heavy atom. The minimum absolute atomic E-state index is 0.206. The molecule has 0 radical (unpaired) electrons. The quantitative estimate of drug-likeness (QED) is 0.731. The zero-order chi connectivity index (χ0) is 14.8. The van der Waals surface area contributed by atoms with Crippen molar-refractivity contribution in [2.75, 3.05) is 0 Å². The van der Waals surface area contributed by atoms with E-state index in [-0.39, 0.29) is 5.91 Å². The molecule has 0 saturated carbocycles. The Labute approximate surface area is 126 Å². The van der Waals surface area contributed by atoms with E-state index >= 15 is 0 Å². The normalized spacial score (nSPS) is 10.8. The van der Waals surface area contributed by atoms with E-state index in [4.69, 9.17) is 11.6 Å². The summed E-state index contributed by atoms with van der Waals surface area (Å²) < 4.78 is 0. The number of H-pyrrole nitrogens is 1. The predicted molar refractivity (Wildman–Crippen MR) is 81.2 cm³/mol.